The SMILES string of the molecule is CC1CCC(Oc2ccncc2NC(=O)c2nc(-c3c(F)cccc3F)c(C(F)(F)F)cc2N)CC1.Cl. The Hall–Kier alpha value is -3.47. The number of hydrogen-bond donors (Lipinski definition) is 2. The smallest absolute Gasteiger partial charge is 0.418 e. The standard InChI is InChI=1S/C25H23F5N4O2.ClH/c1-13-5-7-14(8-6-13)36-20-9-10-32-12-19(20)33-24(35)23-18(31)11-15(25(28,29)30)22(34-23)21-16(26)3-2-4-17(21)27;/h2-4,9-14H,5-8,31H2,1H3,(H,33,35);1H. The minimum absolute atomic E-state index is 0. The van der Waals surface area contributed by atoms with E-state index in [1.54, 1.807) is 6.07 Å². The zero-order valence-electron chi connectivity index (χ0n) is 19.6. The molecule has 1 saturated carbocycles. The number of nitrogens with zero attached hydrogens (tertiary/aromatic N) is 2. The number of nitrogens with two attached hydrogens (primary N) is 1. The summed E-state index contributed by atoms with van der Waals surface area (Å²) in [5, 5.41) is 2.49. The average molecular weight is 543 g/mol. The minimum atomic E-state index is -5.04. The van der Waals surface area contributed by atoms with E-state index in [-0.39, 0.29) is 24.2 Å². The lowest BCUT2D eigenvalue weighted by Crippen LogP contribution is -2.24. The quantitative estimate of drug-likeness (QED) is 0.352. The van der Waals surface area contributed by atoms with E-state index < -0.39 is 51.9 Å². The summed E-state index contributed by atoms with van der Waals surface area (Å²) in [6.45, 7) is 2.16. The fourth-order valence-electron chi connectivity index (χ4n) is 4.13. The van der Waals surface area contributed by atoms with E-state index in [0.717, 1.165) is 43.9 Å². The van der Waals surface area contributed by atoms with Gasteiger partial charge in [0, 0.05) is 12.3 Å². The third kappa shape index (κ3) is 6.27. The van der Waals surface area contributed by atoms with Crippen molar-refractivity contribution in [2.24, 2.45) is 5.92 Å². The molecule has 6 nitrogen and oxygen atoms in total. The minimum Gasteiger partial charge on any atom is -0.488 e. The molecular formula is C25H24ClF5N4O2. The van der Waals surface area contributed by atoms with E-state index in [1.165, 1.54) is 12.4 Å². The van der Waals surface area contributed by atoms with Crippen LogP contribution in [-0.2, 0) is 6.18 Å². The first-order chi connectivity index (χ1) is 17.0. The van der Waals surface area contributed by atoms with Gasteiger partial charge in [-0.2, -0.15) is 13.2 Å². The number of carbonyl (C=O) groups is 1. The molecule has 3 N–H and O–H groups in total. The van der Waals surface area contributed by atoms with Crippen molar-refractivity contribution in [1.29, 1.82) is 0 Å². The first-order valence-electron chi connectivity index (χ1n) is 11.3. The van der Waals surface area contributed by atoms with Crippen molar-refractivity contribution in [3.8, 4) is 17.0 Å². The number of aromatic nitrogens is 2. The van der Waals surface area contributed by atoms with Crippen molar-refractivity contribution < 1.29 is 31.5 Å². The fourth-order valence-corrected chi connectivity index (χ4v) is 4.13. The van der Waals surface area contributed by atoms with Gasteiger partial charge in [0.05, 0.1) is 34.8 Å². The molecule has 198 valence electrons. The van der Waals surface area contributed by atoms with Crippen LogP contribution >= 0.6 is 12.4 Å². The molecule has 1 fully saturated rings. The Morgan fingerprint density at radius 1 is 1.11 bits per heavy atom. The molecule has 0 bridgehead atoms. The predicted molar refractivity (Wildman–Crippen MR) is 130 cm³/mol. The summed E-state index contributed by atoms with van der Waals surface area (Å²) in [4.78, 5) is 20.7. The van der Waals surface area contributed by atoms with Gasteiger partial charge >= 0.3 is 6.18 Å². The van der Waals surface area contributed by atoms with E-state index in [0.29, 0.717) is 17.7 Å². The highest BCUT2D eigenvalue weighted by Crippen LogP contribution is 2.40. The molecule has 12 heteroatoms. The molecule has 1 aromatic carbocycles. The number of ether oxygens (including phenoxy) is 1. The lowest BCUT2D eigenvalue weighted by atomic mass is 9.89. The second kappa shape index (κ2) is 11.3. The molecule has 0 spiro atoms. The van der Waals surface area contributed by atoms with Crippen molar-refractivity contribution >= 4 is 29.7 Å². The number of carbonyl (C=O) groups excluding carboxylic acids is 1. The van der Waals surface area contributed by atoms with E-state index in [9.17, 15) is 26.7 Å². The molecule has 0 aliphatic heterocycles. The van der Waals surface area contributed by atoms with Crippen LogP contribution in [0.3, 0.4) is 0 Å². The molecule has 2 heterocycles. The molecule has 0 saturated heterocycles. The van der Waals surface area contributed by atoms with Crippen LogP contribution < -0.4 is 15.8 Å². The van der Waals surface area contributed by atoms with Crippen LogP contribution in [0.4, 0.5) is 33.3 Å². The Bertz CT molecular complexity index is 1260. The highest BCUT2D eigenvalue weighted by Gasteiger charge is 2.37. The first-order valence-corrected chi connectivity index (χ1v) is 11.3. The van der Waals surface area contributed by atoms with Crippen molar-refractivity contribution in [2.45, 2.75) is 44.9 Å². The molecule has 0 unspecified atom stereocenters. The predicted octanol–water partition coefficient (Wildman–Crippen LogP) is 6.65. The average Bonchev–Trinajstić information content (AvgIpc) is 2.81. The molecule has 4 rings (SSSR count). The maximum atomic E-state index is 14.4. The number of benzene rings is 1. The van der Waals surface area contributed by atoms with Crippen LogP contribution in [0.5, 0.6) is 5.75 Å². The molecular weight excluding hydrogens is 519 g/mol. The fraction of sp³-hybridized carbons (Fsp3) is 0.320. The molecule has 0 radical (unpaired) electrons. The number of nitrogen functional groups attached to an aromatic ring is 1. The van der Waals surface area contributed by atoms with Crippen molar-refractivity contribution in [3.63, 3.8) is 0 Å². The van der Waals surface area contributed by atoms with Crippen LogP contribution in [-0.4, -0.2) is 22.0 Å². The van der Waals surface area contributed by atoms with Crippen molar-refractivity contribution in [1.82, 2.24) is 9.97 Å². The van der Waals surface area contributed by atoms with E-state index in [4.69, 9.17) is 10.5 Å². The molecule has 1 aliphatic rings. The van der Waals surface area contributed by atoms with Crippen LogP contribution in [0.25, 0.3) is 11.3 Å². The highest BCUT2D eigenvalue weighted by atomic mass is 35.5. The van der Waals surface area contributed by atoms with Crippen LogP contribution in [0.15, 0.2) is 42.7 Å². The van der Waals surface area contributed by atoms with Gasteiger partial charge in [0.1, 0.15) is 23.1 Å². The Balaban J connectivity index is 0.00000380. The Morgan fingerprint density at radius 3 is 2.38 bits per heavy atom. The van der Waals surface area contributed by atoms with E-state index >= 15 is 0 Å². The van der Waals surface area contributed by atoms with Gasteiger partial charge in [0.25, 0.3) is 5.91 Å². The molecule has 37 heavy (non-hydrogen) atoms. The summed E-state index contributed by atoms with van der Waals surface area (Å²) < 4.78 is 75.9. The number of pyridine rings is 2. The van der Waals surface area contributed by atoms with Gasteiger partial charge < -0.3 is 15.8 Å². The van der Waals surface area contributed by atoms with Crippen LogP contribution in [0, 0.1) is 17.6 Å². The number of rotatable bonds is 5. The lowest BCUT2D eigenvalue weighted by molar-refractivity contribution is -0.137. The topological polar surface area (TPSA) is 90.1 Å². The second-order valence-electron chi connectivity index (χ2n) is 8.74. The summed E-state index contributed by atoms with van der Waals surface area (Å²) in [5.41, 5.74) is 1.06. The summed E-state index contributed by atoms with van der Waals surface area (Å²) >= 11 is 0. The monoisotopic (exact) mass is 542 g/mol. The number of anilines is 2. The molecule has 1 aliphatic carbocycles. The zero-order chi connectivity index (χ0) is 26.0. The largest absolute Gasteiger partial charge is 0.488 e. The number of halogens is 6. The van der Waals surface area contributed by atoms with E-state index in [2.05, 4.69) is 22.2 Å². The number of amides is 1. The van der Waals surface area contributed by atoms with Gasteiger partial charge in [-0.1, -0.05) is 13.0 Å². The normalized spacial score (nSPS) is 17.6. The third-order valence-electron chi connectivity index (χ3n) is 6.06. The number of hydrogen-bond acceptors (Lipinski definition) is 5. The van der Waals surface area contributed by atoms with Gasteiger partial charge in [-0.3, -0.25) is 9.78 Å². The third-order valence-corrected chi connectivity index (χ3v) is 6.06. The second-order valence-corrected chi connectivity index (χ2v) is 8.74. The molecule has 1 amide bonds. The first kappa shape index (κ1) is 28.1. The maximum Gasteiger partial charge on any atom is 0.418 e. The highest BCUT2D eigenvalue weighted by molar-refractivity contribution is 6.07. The Kier molecular flexibility index (Phi) is 8.57. The molecule has 0 atom stereocenters. The summed E-state index contributed by atoms with van der Waals surface area (Å²) in [5.74, 6) is -2.61. The van der Waals surface area contributed by atoms with Gasteiger partial charge in [0.15, 0.2) is 5.69 Å². The van der Waals surface area contributed by atoms with Crippen molar-refractivity contribution in [3.05, 3.63) is 65.6 Å². The van der Waals surface area contributed by atoms with E-state index in [1.807, 2.05) is 0 Å². The lowest BCUT2D eigenvalue weighted by Gasteiger charge is -2.27. The summed E-state index contributed by atoms with van der Waals surface area (Å²) in [6.07, 6.45) is 1.35. The Labute approximate surface area is 215 Å². The molecule has 2 aromatic heterocycles. The van der Waals surface area contributed by atoms with Gasteiger partial charge in [-0.25, -0.2) is 13.8 Å². The van der Waals surface area contributed by atoms with Crippen LogP contribution in [0.1, 0.15) is 48.7 Å². The van der Waals surface area contributed by atoms with Gasteiger partial charge in [0.2, 0.25) is 0 Å². The number of alkyl halides is 3. The molecule has 3 aromatic rings. The van der Waals surface area contributed by atoms with Crippen molar-refractivity contribution in [2.75, 3.05) is 11.1 Å². The van der Waals surface area contributed by atoms with Crippen LogP contribution in [0.2, 0.25) is 0 Å². The van der Waals surface area contributed by atoms with Gasteiger partial charge in [-0.15, -0.1) is 12.4 Å². The number of nitrogens with one attached hydrogen (secondary N) is 1. The maximum absolute atomic E-state index is 14.4. The Morgan fingerprint density at radius 2 is 1.76 bits per heavy atom. The summed E-state index contributed by atoms with van der Waals surface area (Å²) in [7, 11) is 0. The zero-order valence-corrected chi connectivity index (χ0v) is 20.4. The summed E-state index contributed by atoms with van der Waals surface area (Å²) in [6, 6.07) is 4.58. The van der Waals surface area contributed by atoms with Gasteiger partial charge in [-0.05, 0) is 49.8 Å².